The third kappa shape index (κ3) is 5.14. The molecule has 6 nitrogen and oxygen atoms in total. The number of barbiturate groups is 1. The minimum absolute atomic E-state index is 0.106. The molecule has 2 N–H and O–H groups in total. The molecule has 2 rings (SSSR count). The van der Waals surface area contributed by atoms with Crippen LogP contribution in [0, 0.1) is 0 Å². The maximum Gasteiger partial charge on any atom is 0.328 e. The Balaban J connectivity index is 1.94. The molecule has 0 saturated carbocycles. The summed E-state index contributed by atoms with van der Waals surface area (Å²) in [5.74, 6) is 0.202. The van der Waals surface area contributed by atoms with E-state index < -0.39 is 17.8 Å². The molecule has 1 aromatic rings. The first kappa shape index (κ1) is 17.1. The highest BCUT2D eigenvalue weighted by Gasteiger charge is 2.27. The molecular formula is C16H18N2O4S. The lowest BCUT2D eigenvalue weighted by Gasteiger charge is -2.13. The van der Waals surface area contributed by atoms with E-state index in [1.54, 1.807) is 24.3 Å². The van der Waals surface area contributed by atoms with E-state index >= 15 is 0 Å². The van der Waals surface area contributed by atoms with Crippen LogP contribution in [0.4, 0.5) is 4.79 Å². The van der Waals surface area contributed by atoms with Crippen LogP contribution in [-0.4, -0.2) is 30.2 Å². The first-order valence-electron chi connectivity index (χ1n) is 7.32. The zero-order valence-corrected chi connectivity index (χ0v) is 13.4. The van der Waals surface area contributed by atoms with Crippen LogP contribution in [0.2, 0.25) is 0 Å². The van der Waals surface area contributed by atoms with Crippen LogP contribution < -0.4 is 15.4 Å². The number of ether oxygens (including phenoxy) is 1. The van der Waals surface area contributed by atoms with Crippen LogP contribution in [0.15, 0.2) is 29.8 Å². The predicted molar refractivity (Wildman–Crippen MR) is 89.3 cm³/mol. The molecule has 0 atom stereocenters. The molecule has 23 heavy (non-hydrogen) atoms. The highest BCUT2D eigenvalue weighted by Crippen LogP contribution is 2.16. The van der Waals surface area contributed by atoms with E-state index in [0.29, 0.717) is 12.2 Å². The summed E-state index contributed by atoms with van der Waals surface area (Å²) in [5.41, 5.74) is 0.562. The van der Waals surface area contributed by atoms with Crippen molar-refractivity contribution < 1.29 is 19.1 Å². The maximum absolute atomic E-state index is 11.6. The summed E-state index contributed by atoms with van der Waals surface area (Å²) in [6, 6.07) is 6.22. The number of unbranched alkanes of at least 4 members (excludes halogenated alkanes) is 2. The molecule has 0 bridgehead atoms. The van der Waals surface area contributed by atoms with E-state index in [9.17, 15) is 14.4 Å². The van der Waals surface area contributed by atoms with Gasteiger partial charge >= 0.3 is 6.03 Å². The number of carbonyl (C=O) groups is 3. The zero-order chi connectivity index (χ0) is 16.7. The normalized spacial score (nSPS) is 14.3. The fraction of sp³-hybridized carbons (Fsp3) is 0.312. The summed E-state index contributed by atoms with van der Waals surface area (Å²) in [6.07, 6.45) is 4.55. The molecule has 1 aliphatic heterocycles. The number of hydrogen-bond donors (Lipinski definition) is 3. The lowest BCUT2D eigenvalue weighted by molar-refractivity contribution is -0.123. The van der Waals surface area contributed by atoms with Gasteiger partial charge in [-0.2, -0.15) is 12.6 Å². The van der Waals surface area contributed by atoms with Crippen LogP contribution in [-0.2, 0) is 9.59 Å². The minimum atomic E-state index is -0.807. The van der Waals surface area contributed by atoms with Crippen molar-refractivity contribution in [3.05, 3.63) is 35.4 Å². The first-order valence-corrected chi connectivity index (χ1v) is 7.95. The average molecular weight is 334 g/mol. The standard InChI is InChI=1S/C16H18N2O4S/c19-14-13(15(20)18-16(21)17-14)10-11-4-6-12(7-5-11)22-8-2-1-3-9-23/h4-7,10,23H,1-3,8-9H2,(H2,17,18,19,20,21). The molecule has 0 radical (unpaired) electrons. The van der Waals surface area contributed by atoms with Gasteiger partial charge in [-0.25, -0.2) is 4.79 Å². The van der Waals surface area contributed by atoms with E-state index in [2.05, 4.69) is 12.6 Å². The topological polar surface area (TPSA) is 84.5 Å². The molecule has 1 heterocycles. The SMILES string of the molecule is O=C1NC(=O)C(=Cc2ccc(OCCCCCS)cc2)C(=O)N1. The Morgan fingerprint density at radius 3 is 2.22 bits per heavy atom. The van der Waals surface area contributed by atoms with E-state index in [4.69, 9.17) is 4.74 Å². The molecular weight excluding hydrogens is 316 g/mol. The number of imide groups is 2. The van der Waals surface area contributed by atoms with Crippen molar-refractivity contribution in [3.8, 4) is 5.75 Å². The Bertz CT molecular complexity index is 603. The van der Waals surface area contributed by atoms with Crippen molar-refractivity contribution in [2.75, 3.05) is 12.4 Å². The number of nitrogens with one attached hydrogen (secondary N) is 2. The van der Waals surface area contributed by atoms with Crippen LogP contribution in [0.25, 0.3) is 6.08 Å². The largest absolute Gasteiger partial charge is 0.494 e. The number of carbonyl (C=O) groups excluding carboxylic acids is 3. The third-order valence-corrected chi connectivity index (χ3v) is 3.52. The van der Waals surface area contributed by atoms with Gasteiger partial charge in [0, 0.05) is 0 Å². The van der Waals surface area contributed by atoms with E-state index in [0.717, 1.165) is 30.8 Å². The Hall–Kier alpha value is -2.28. The summed E-state index contributed by atoms with van der Waals surface area (Å²) in [6.45, 7) is 0.640. The van der Waals surface area contributed by atoms with Crippen LogP contribution in [0.3, 0.4) is 0 Å². The summed E-state index contributed by atoms with van der Waals surface area (Å²) in [7, 11) is 0. The number of benzene rings is 1. The van der Waals surface area contributed by atoms with Gasteiger partial charge in [0.1, 0.15) is 11.3 Å². The van der Waals surface area contributed by atoms with Gasteiger partial charge in [0.15, 0.2) is 0 Å². The lowest BCUT2D eigenvalue weighted by atomic mass is 10.1. The Morgan fingerprint density at radius 1 is 0.957 bits per heavy atom. The molecule has 0 aliphatic carbocycles. The average Bonchev–Trinajstić information content (AvgIpc) is 2.52. The zero-order valence-electron chi connectivity index (χ0n) is 12.5. The molecule has 7 heteroatoms. The first-order chi connectivity index (χ1) is 11.1. The van der Waals surface area contributed by atoms with E-state index in [-0.39, 0.29) is 5.57 Å². The summed E-state index contributed by atoms with van der Waals surface area (Å²) < 4.78 is 5.60. The summed E-state index contributed by atoms with van der Waals surface area (Å²) in [5, 5.41) is 4.06. The molecule has 0 unspecified atom stereocenters. The van der Waals surface area contributed by atoms with Crippen molar-refractivity contribution in [1.82, 2.24) is 10.6 Å². The monoisotopic (exact) mass is 334 g/mol. The second kappa shape index (κ2) is 8.38. The third-order valence-electron chi connectivity index (χ3n) is 3.21. The fourth-order valence-electron chi connectivity index (χ4n) is 2.01. The molecule has 1 aromatic carbocycles. The number of hydrogen-bond acceptors (Lipinski definition) is 5. The van der Waals surface area contributed by atoms with Gasteiger partial charge in [0.05, 0.1) is 6.61 Å². The van der Waals surface area contributed by atoms with Gasteiger partial charge in [-0.15, -0.1) is 0 Å². The summed E-state index contributed by atoms with van der Waals surface area (Å²) in [4.78, 5) is 34.2. The van der Waals surface area contributed by atoms with Crippen LogP contribution in [0.1, 0.15) is 24.8 Å². The van der Waals surface area contributed by atoms with Crippen molar-refractivity contribution in [2.24, 2.45) is 0 Å². The minimum Gasteiger partial charge on any atom is -0.494 e. The van der Waals surface area contributed by atoms with Gasteiger partial charge in [0.25, 0.3) is 11.8 Å². The van der Waals surface area contributed by atoms with Gasteiger partial charge in [-0.3, -0.25) is 20.2 Å². The number of rotatable bonds is 7. The molecule has 1 fully saturated rings. The molecule has 1 aliphatic rings. The van der Waals surface area contributed by atoms with E-state index in [1.165, 1.54) is 6.08 Å². The van der Waals surface area contributed by atoms with Crippen molar-refractivity contribution in [2.45, 2.75) is 19.3 Å². The van der Waals surface area contributed by atoms with E-state index in [1.807, 2.05) is 10.6 Å². The highest BCUT2D eigenvalue weighted by atomic mass is 32.1. The predicted octanol–water partition coefficient (Wildman–Crippen LogP) is 1.91. The van der Waals surface area contributed by atoms with Crippen molar-refractivity contribution in [3.63, 3.8) is 0 Å². The Morgan fingerprint density at radius 2 is 1.61 bits per heavy atom. The van der Waals surface area contributed by atoms with Crippen molar-refractivity contribution in [1.29, 1.82) is 0 Å². The molecule has 122 valence electrons. The van der Waals surface area contributed by atoms with Crippen molar-refractivity contribution >= 4 is 36.6 Å². The maximum atomic E-state index is 11.6. The van der Waals surface area contributed by atoms with Crippen LogP contribution >= 0.6 is 12.6 Å². The van der Waals surface area contributed by atoms with Crippen LogP contribution in [0.5, 0.6) is 5.75 Å². The quantitative estimate of drug-likeness (QED) is 0.308. The number of amides is 4. The summed E-state index contributed by atoms with van der Waals surface area (Å²) >= 11 is 4.15. The molecule has 0 spiro atoms. The van der Waals surface area contributed by atoms with Gasteiger partial charge in [-0.1, -0.05) is 12.1 Å². The number of thiol groups is 1. The fourth-order valence-corrected chi connectivity index (χ4v) is 2.24. The van der Waals surface area contributed by atoms with Gasteiger partial charge < -0.3 is 4.74 Å². The Labute approximate surface area is 139 Å². The Kier molecular flexibility index (Phi) is 6.22. The van der Waals surface area contributed by atoms with Gasteiger partial charge in [-0.05, 0) is 48.8 Å². The van der Waals surface area contributed by atoms with Gasteiger partial charge in [0.2, 0.25) is 0 Å². The molecule has 1 saturated heterocycles. The lowest BCUT2D eigenvalue weighted by Crippen LogP contribution is -2.51. The smallest absolute Gasteiger partial charge is 0.328 e. The number of urea groups is 1. The molecule has 4 amide bonds. The second-order valence-electron chi connectivity index (χ2n) is 5.00. The second-order valence-corrected chi connectivity index (χ2v) is 5.44. The molecule has 0 aromatic heterocycles. The highest BCUT2D eigenvalue weighted by molar-refractivity contribution is 7.80.